The Kier molecular flexibility index (Phi) is 2.38. The molecule has 96 valence electrons. The Hall–Kier alpha value is -2.63. The molecule has 0 saturated heterocycles. The van der Waals surface area contributed by atoms with Crippen LogP contribution >= 0.6 is 0 Å². The van der Waals surface area contributed by atoms with Crippen molar-refractivity contribution in [3.8, 4) is 0 Å². The minimum absolute atomic E-state index is 0.132. The first-order chi connectivity index (χ1) is 9.06. The van der Waals surface area contributed by atoms with Gasteiger partial charge in [0.15, 0.2) is 6.10 Å². The molecule has 0 aliphatic carbocycles. The van der Waals surface area contributed by atoms with E-state index in [2.05, 4.69) is 0 Å². The zero-order valence-electron chi connectivity index (χ0n) is 9.95. The van der Waals surface area contributed by atoms with Crippen LogP contribution in [0.15, 0.2) is 34.7 Å². The van der Waals surface area contributed by atoms with Gasteiger partial charge in [0.25, 0.3) is 5.69 Å². The second-order valence-electron chi connectivity index (χ2n) is 4.26. The lowest BCUT2D eigenvalue weighted by molar-refractivity contribution is -0.384. The van der Waals surface area contributed by atoms with E-state index in [1.807, 2.05) is 0 Å². The summed E-state index contributed by atoms with van der Waals surface area (Å²) < 4.78 is 10.6. The lowest BCUT2D eigenvalue weighted by atomic mass is 10.0. The van der Waals surface area contributed by atoms with Crippen molar-refractivity contribution in [2.45, 2.75) is 13.0 Å². The Balaban J connectivity index is 2.08. The Morgan fingerprint density at radius 1 is 1.26 bits per heavy atom. The summed E-state index contributed by atoms with van der Waals surface area (Å²) in [5.74, 6) is 0.651. The van der Waals surface area contributed by atoms with Crippen LogP contribution in [0.4, 0.5) is 5.69 Å². The van der Waals surface area contributed by atoms with E-state index in [-0.39, 0.29) is 11.3 Å². The van der Waals surface area contributed by atoms with Crippen LogP contribution in [-0.2, 0) is 4.74 Å². The molecule has 1 aliphatic rings. The SMILES string of the molecule is Cc1ccc(C2OC(=O)c3cc([N+](=O)[O-])ccc32)o1. The second-order valence-corrected chi connectivity index (χ2v) is 4.26. The molecule has 1 aromatic carbocycles. The zero-order valence-corrected chi connectivity index (χ0v) is 9.95. The number of aryl methyl sites for hydroxylation is 1. The maximum atomic E-state index is 11.7. The third-order valence-corrected chi connectivity index (χ3v) is 2.99. The third-order valence-electron chi connectivity index (χ3n) is 2.99. The molecule has 0 radical (unpaired) electrons. The van der Waals surface area contributed by atoms with Gasteiger partial charge < -0.3 is 9.15 Å². The van der Waals surface area contributed by atoms with Crippen molar-refractivity contribution < 1.29 is 18.9 Å². The van der Waals surface area contributed by atoms with Gasteiger partial charge in [0.1, 0.15) is 11.5 Å². The average molecular weight is 259 g/mol. The first-order valence-electron chi connectivity index (χ1n) is 5.62. The van der Waals surface area contributed by atoms with E-state index >= 15 is 0 Å². The Morgan fingerprint density at radius 3 is 2.68 bits per heavy atom. The van der Waals surface area contributed by atoms with Crippen molar-refractivity contribution >= 4 is 11.7 Å². The molecule has 1 unspecified atom stereocenters. The van der Waals surface area contributed by atoms with E-state index in [0.29, 0.717) is 17.1 Å². The van der Waals surface area contributed by atoms with Gasteiger partial charge in [-0.1, -0.05) is 0 Å². The van der Waals surface area contributed by atoms with Crippen molar-refractivity contribution in [3.63, 3.8) is 0 Å². The molecule has 0 spiro atoms. The van der Waals surface area contributed by atoms with Gasteiger partial charge in [-0.15, -0.1) is 0 Å². The summed E-state index contributed by atoms with van der Waals surface area (Å²) in [6.07, 6.45) is -0.628. The van der Waals surface area contributed by atoms with Crippen molar-refractivity contribution in [1.82, 2.24) is 0 Å². The number of esters is 1. The minimum Gasteiger partial charge on any atom is -0.462 e. The quantitative estimate of drug-likeness (QED) is 0.470. The largest absolute Gasteiger partial charge is 0.462 e. The zero-order chi connectivity index (χ0) is 13.6. The van der Waals surface area contributed by atoms with Crippen LogP contribution in [0.3, 0.4) is 0 Å². The molecule has 0 bridgehead atoms. The van der Waals surface area contributed by atoms with Gasteiger partial charge >= 0.3 is 5.97 Å². The predicted molar refractivity (Wildman–Crippen MR) is 63.8 cm³/mol. The number of hydrogen-bond donors (Lipinski definition) is 0. The van der Waals surface area contributed by atoms with Crippen LogP contribution in [0.25, 0.3) is 0 Å². The summed E-state index contributed by atoms with van der Waals surface area (Å²) in [6.45, 7) is 1.79. The summed E-state index contributed by atoms with van der Waals surface area (Å²) in [5.41, 5.74) is 0.671. The molecule has 19 heavy (non-hydrogen) atoms. The number of rotatable bonds is 2. The van der Waals surface area contributed by atoms with E-state index in [4.69, 9.17) is 9.15 Å². The van der Waals surface area contributed by atoms with Gasteiger partial charge in [-0.05, 0) is 25.1 Å². The molecule has 6 nitrogen and oxygen atoms in total. The molecule has 0 saturated carbocycles. The summed E-state index contributed by atoms with van der Waals surface area (Å²) in [6, 6.07) is 7.61. The highest BCUT2D eigenvalue weighted by molar-refractivity contribution is 5.95. The van der Waals surface area contributed by atoms with Crippen LogP contribution < -0.4 is 0 Å². The monoisotopic (exact) mass is 259 g/mol. The number of fused-ring (bicyclic) bond motifs is 1. The number of ether oxygens (including phenoxy) is 1. The van der Waals surface area contributed by atoms with E-state index in [1.54, 1.807) is 19.1 Å². The predicted octanol–water partition coefficient (Wildman–Crippen LogP) is 2.76. The third kappa shape index (κ3) is 1.77. The van der Waals surface area contributed by atoms with E-state index in [0.717, 1.165) is 0 Å². The fraction of sp³-hybridized carbons (Fsp3) is 0.154. The number of non-ortho nitro benzene ring substituents is 1. The highest BCUT2D eigenvalue weighted by Gasteiger charge is 2.35. The Labute approximate surface area is 107 Å². The average Bonchev–Trinajstić information content (AvgIpc) is 2.94. The van der Waals surface area contributed by atoms with Gasteiger partial charge in [0.2, 0.25) is 0 Å². The van der Waals surface area contributed by atoms with Crippen LogP contribution in [0, 0.1) is 17.0 Å². The van der Waals surface area contributed by atoms with E-state index in [1.165, 1.54) is 18.2 Å². The van der Waals surface area contributed by atoms with Crippen molar-refractivity contribution in [3.05, 3.63) is 63.1 Å². The number of nitrogens with zero attached hydrogens (tertiary/aromatic N) is 1. The fourth-order valence-corrected chi connectivity index (χ4v) is 2.10. The molecule has 1 aromatic heterocycles. The number of furan rings is 1. The standard InChI is InChI=1S/C13H9NO5/c1-7-2-5-11(18-7)12-9-4-3-8(14(16)17)6-10(9)13(15)19-12/h2-6,12H,1H3. The number of benzene rings is 1. The molecule has 2 aromatic rings. The first kappa shape index (κ1) is 11.5. The van der Waals surface area contributed by atoms with E-state index < -0.39 is 17.0 Å². The maximum Gasteiger partial charge on any atom is 0.339 e. The summed E-state index contributed by atoms with van der Waals surface area (Å²) >= 11 is 0. The summed E-state index contributed by atoms with van der Waals surface area (Å²) in [5, 5.41) is 10.7. The van der Waals surface area contributed by atoms with Gasteiger partial charge in [-0.3, -0.25) is 10.1 Å². The minimum atomic E-state index is -0.628. The molecule has 3 rings (SSSR count). The smallest absolute Gasteiger partial charge is 0.339 e. The second kappa shape index (κ2) is 3.94. The van der Waals surface area contributed by atoms with Crippen LogP contribution in [-0.4, -0.2) is 10.9 Å². The van der Waals surface area contributed by atoms with Gasteiger partial charge in [0, 0.05) is 17.7 Å². The first-order valence-corrected chi connectivity index (χ1v) is 5.62. The van der Waals surface area contributed by atoms with Crippen molar-refractivity contribution in [2.24, 2.45) is 0 Å². The summed E-state index contributed by atoms with van der Waals surface area (Å²) in [4.78, 5) is 21.9. The number of cyclic esters (lactones) is 1. The fourth-order valence-electron chi connectivity index (χ4n) is 2.10. The summed E-state index contributed by atoms with van der Waals surface area (Å²) in [7, 11) is 0. The number of carbonyl (C=O) groups is 1. The lowest BCUT2D eigenvalue weighted by Gasteiger charge is -2.06. The molecule has 0 amide bonds. The molecule has 0 fully saturated rings. The molecule has 1 atom stereocenters. The van der Waals surface area contributed by atoms with Crippen molar-refractivity contribution in [1.29, 1.82) is 0 Å². The molecular weight excluding hydrogens is 250 g/mol. The van der Waals surface area contributed by atoms with Crippen molar-refractivity contribution in [2.75, 3.05) is 0 Å². The topological polar surface area (TPSA) is 82.6 Å². The van der Waals surface area contributed by atoms with Crippen LogP contribution in [0.5, 0.6) is 0 Å². The lowest BCUT2D eigenvalue weighted by Crippen LogP contribution is -1.98. The molecule has 6 heteroatoms. The number of nitro groups is 1. The van der Waals surface area contributed by atoms with Crippen LogP contribution in [0.2, 0.25) is 0 Å². The van der Waals surface area contributed by atoms with Gasteiger partial charge in [0.05, 0.1) is 10.5 Å². The molecule has 2 heterocycles. The Bertz CT molecular complexity index is 688. The number of hydrogen-bond acceptors (Lipinski definition) is 5. The van der Waals surface area contributed by atoms with Crippen LogP contribution in [0.1, 0.15) is 33.5 Å². The normalized spacial score (nSPS) is 17.1. The highest BCUT2D eigenvalue weighted by atomic mass is 16.6. The molecule has 1 aliphatic heterocycles. The highest BCUT2D eigenvalue weighted by Crippen LogP contribution is 2.37. The number of carbonyl (C=O) groups excluding carboxylic acids is 1. The maximum absolute atomic E-state index is 11.7. The molecular formula is C13H9NO5. The van der Waals surface area contributed by atoms with Gasteiger partial charge in [-0.25, -0.2) is 4.79 Å². The molecule has 0 N–H and O–H groups in total. The van der Waals surface area contributed by atoms with E-state index in [9.17, 15) is 14.9 Å². The Morgan fingerprint density at radius 2 is 2.05 bits per heavy atom. The van der Waals surface area contributed by atoms with Gasteiger partial charge in [-0.2, -0.15) is 0 Å². The number of nitro benzene ring substituents is 1.